The Balaban J connectivity index is 1.68. The Morgan fingerprint density at radius 3 is 2.18 bits per heavy atom. The first-order chi connectivity index (χ1) is 5.07. The zero-order valence-electron chi connectivity index (χ0n) is 7.85. The third kappa shape index (κ3) is 1.58. The minimum absolute atomic E-state index is 0.635. The molecule has 2 atom stereocenters. The van der Waals surface area contributed by atoms with Gasteiger partial charge in [-0.25, -0.2) is 0 Å². The van der Waals surface area contributed by atoms with Crippen LogP contribution in [-0.2, 0) is 0 Å². The van der Waals surface area contributed by atoms with Gasteiger partial charge in [-0.1, -0.05) is 20.8 Å². The Hall–Kier alpha value is -0.0400. The van der Waals surface area contributed by atoms with Gasteiger partial charge in [-0.15, -0.1) is 0 Å². The van der Waals surface area contributed by atoms with Gasteiger partial charge >= 0.3 is 0 Å². The van der Waals surface area contributed by atoms with Crippen LogP contribution in [0, 0.1) is 11.3 Å². The lowest BCUT2D eigenvalue weighted by molar-refractivity contribution is 0.124. The quantitative estimate of drug-likeness (QED) is 0.641. The van der Waals surface area contributed by atoms with Crippen LogP contribution in [0.3, 0.4) is 0 Å². The van der Waals surface area contributed by atoms with Crippen molar-refractivity contribution >= 4 is 0 Å². The van der Waals surface area contributed by atoms with Crippen LogP contribution < -0.4 is 5.32 Å². The van der Waals surface area contributed by atoms with Gasteiger partial charge in [0, 0.05) is 12.1 Å². The predicted molar refractivity (Wildman–Crippen MR) is 47.5 cm³/mol. The fourth-order valence-electron chi connectivity index (χ4n) is 2.25. The second kappa shape index (κ2) is 2.22. The Morgan fingerprint density at radius 2 is 1.82 bits per heavy atom. The Morgan fingerprint density at radius 1 is 1.27 bits per heavy atom. The maximum atomic E-state index is 3.70. The van der Waals surface area contributed by atoms with Crippen LogP contribution in [0.5, 0.6) is 0 Å². The molecule has 2 rings (SSSR count). The molecule has 11 heavy (non-hydrogen) atoms. The summed E-state index contributed by atoms with van der Waals surface area (Å²) in [4.78, 5) is 0. The van der Waals surface area contributed by atoms with Crippen LogP contribution in [0.4, 0.5) is 0 Å². The first-order valence-corrected chi connectivity index (χ1v) is 4.83. The SMILES string of the molecule is C[C@@H]1C[C@H]1NC1CC(C)(C)C1. The van der Waals surface area contributed by atoms with Crippen LogP contribution in [0.25, 0.3) is 0 Å². The number of nitrogens with one attached hydrogen (secondary N) is 1. The molecule has 2 fully saturated rings. The number of hydrogen-bond donors (Lipinski definition) is 1. The largest absolute Gasteiger partial charge is 0.311 e. The second-order valence-electron chi connectivity index (χ2n) is 5.26. The first kappa shape index (κ1) is 7.60. The number of rotatable bonds is 2. The molecule has 0 aromatic heterocycles. The van der Waals surface area contributed by atoms with Gasteiger partial charge in [-0.05, 0) is 30.6 Å². The van der Waals surface area contributed by atoms with E-state index in [0.29, 0.717) is 5.41 Å². The minimum Gasteiger partial charge on any atom is -0.311 e. The molecular weight excluding hydrogens is 134 g/mol. The highest BCUT2D eigenvalue weighted by Crippen LogP contribution is 2.42. The van der Waals surface area contributed by atoms with E-state index in [9.17, 15) is 0 Å². The van der Waals surface area contributed by atoms with E-state index < -0.39 is 0 Å². The van der Waals surface area contributed by atoms with Crippen LogP contribution in [0.15, 0.2) is 0 Å². The molecule has 1 nitrogen and oxygen atoms in total. The predicted octanol–water partition coefficient (Wildman–Crippen LogP) is 2.17. The maximum absolute atomic E-state index is 3.70. The van der Waals surface area contributed by atoms with Crippen molar-refractivity contribution < 1.29 is 0 Å². The average Bonchev–Trinajstić information content (AvgIpc) is 2.42. The fourth-order valence-corrected chi connectivity index (χ4v) is 2.25. The van der Waals surface area contributed by atoms with Crippen molar-refractivity contribution in [1.29, 1.82) is 0 Å². The molecule has 0 saturated heterocycles. The molecule has 2 saturated carbocycles. The third-order valence-corrected chi connectivity index (χ3v) is 3.16. The molecule has 1 N–H and O–H groups in total. The van der Waals surface area contributed by atoms with Crippen molar-refractivity contribution in [2.24, 2.45) is 11.3 Å². The van der Waals surface area contributed by atoms with E-state index in [1.54, 1.807) is 0 Å². The first-order valence-electron chi connectivity index (χ1n) is 4.83. The molecule has 0 aliphatic heterocycles. The fraction of sp³-hybridized carbons (Fsp3) is 1.00. The standard InChI is InChI=1S/C10H19N/c1-7-4-9(7)11-8-5-10(2,3)6-8/h7-9,11H,4-6H2,1-3H3/t7-,9-/m1/s1. The molecule has 0 unspecified atom stereocenters. The van der Waals surface area contributed by atoms with Gasteiger partial charge in [-0.3, -0.25) is 0 Å². The normalized spacial score (nSPS) is 41.7. The van der Waals surface area contributed by atoms with Crippen LogP contribution in [-0.4, -0.2) is 12.1 Å². The maximum Gasteiger partial charge on any atom is 0.00989 e. The highest BCUT2D eigenvalue weighted by Gasteiger charge is 2.41. The van der Waals surface area contributed by atoms with Gasteiger partial charge < -0.3 is 5.32 Å². The number of hydrogen-bond acceptors (Lipinski definition) is 1. The van der Waals surface area contributed by atoms with E-state index in [2.05, 4.69) is 26.1 Å². The summed E-state index contributed by atoms with van der Waals surface area (Å²) in [7, 11) is 0. The summed E-state index contributed by atoms with van der Waals surface area (Å²) in [6.07, 6.45) is 4.18. The Kier molecular flexibility index (Phi) is 1.54. The molecule has 1 heteroatoms. The van der Waals surface area contributed by atoms with Crippen LogP contribution in [0.1, 0.15) is 40.0 Å². The third-order valence-electron chi connectivity index (χ3n) is 3.16. The van der Waals surface area contributed by atoms with Crippen molar-refractivity contribution in [3.05, 3.63) is 0 Å². The van der Waals surface area contributed by atoms with Gasteiger partial charge in [0.15, 0.2) is 0 Å². The van der Waals surface area contributed by atoms with E-state index in [0.717, 1.165) is 18.0 Å². The lowest BCUT2D eigenvalue weighted by Crippen LogP contribution is -2.47. The molecular formula is C10H19N. The molecule has 0 spiro atoms. The lowest BCUT2D eigenvalue weighted by Gasteiger charge is -2.43. The van der Waals surface area contributed by atoms with Crippen molar-refractivity contribution in [3.63, 3.8) is 0 Å². The topological polar surface area (TPSA) is 12.0 Å². The van der Waals surface area contributed by atoms with Crippen molar-refractivity contribution in [2.75, 3.05) is 0 Å². The summed E-state index contributed by atoms with van der Waals surface area (Å²) in [5.74, 6) is 0.957. The monoisotopic (exact) mass is 153 g/mol. The summed E-state index contributed by atoms with van der Waals surface area (Å²) in [5, 5.41) is 3.70. The van der Waals surface area contributed by atoms with Crippen molar-refractivity contribution in [2.45, 2.75) is 52.1 Å². The molecule has 0 radical (unpaired) electrons. The van der Waals surface area contributed by atoms with Gasteiger partial charge in [0.1, 0.15) is 0 Å². The summed E-state index contributed by atoms with van der Waals surface area (Å²) >= 11 is 0. The molecule has 2 aliphatic rings. The molecule has 0 amide bonds. The zero-order chi connectivity index (χ0) is 8.06. The average molecular weight is 153 g/mol. The molecule has 0 heterocycles. The van der Waals surface area contributed by atoms with Gasteiger partial charge in [0.05, 0.1) is 0 Å². The van der Waals surface area contributed by atoms with E-state index in [1.165, 1.54) is 19.3 Å². The molecule has 64 valence electrons. The minimum atomic E-state index is 0.635. The summed E-state index contributed by atoms with van der Waals surface area (Å²) in [6, 6.07) is 1.72. The van der Waals surface area contributed by atoms with E-state index in [4.69, 9.17) is 0 Å². The van der Waals surface area contributed by atoms with Crippen LogP contribution >= 0.6 is 0 Å². The van der Waals surface area contributed by atoms with Crippen molar-refractivity contribution in [3.8, 4) is 0 Å². The molecule has 0 bridgehead atoms. The van der Waals surface area contributed by atoms with E-state index >= 15 is 0 Å². The zero-order valence-corrected chi connectivity index (χ0v) is 7.85. The van der Waals surface area contributed by atoms with Crippen molar-refractivity contribution in [1.82, 2.24) is 5.32 Å². The van der Waals surface area contributed by atoms with Gasteiger partial charge in [-0.2, -0.15) is 0 Å². The summed E-state index contributed by atoms with van der Waals surface area (Å²) < 4.78 is 0. The van der Waals surface area contributed by atoms with Gasteiger partial charge in [0.25, 0.3) is 0 Å². The molecule has 0 aromatic rings. The van der Waals surface area contributed by atoms with Gasteiger partial charge in [0.2, 0.25) is 0 Å². The van der Waals surface area contributed by atoms with E-state index in [-0.39, 0.29) is 0 Å². The van der Waals surface area contributed by atoms with Crippen LogP contribution in [0.2, 0.25) is 0 Å². The Labute approximate surface area is 69.6 Å². The smallest absolute Gasteiger partial charge is 0.00989 e. The lowest BCUT2D eigenvalue weighted by atomic mass is 9.68. The molecule has 0 aromatic carbocycles. The highest BCUT2D eigenvalue weighted by molar-refractivity contribution is 4.98. The second-order valence-corrected chi connectivity index (χ2v) is 5.26. The summed E-state index contributed by atoms with van der Waals surface area (Å²) in [5.41, 5.74) is 0.635. The van der Waals surface area contributed by atoms with E-state index in [1.807, 2.05) is 0 Å². The Bertz CT molecular complexity index is 154. The summed E-state index contributed by atoms with van der Waals surface area (Å²) in [6.45, 7) is 7.06. The molecule has 2 aliphatic carbocycles. The highest BCUT2D eigenvalue weighted by atomic mass is 15.0.